The number of amides is 1. The van der Waals surface area contributed by atoms with E-state index in [1.54, 1.807) is 0 Å². The van der Waals surface area contributed by atoms with Gasteiger partial charge in [-0.05, 0) is 18.8 Å². The van der Waals surface area contributed by atoms with E-state index in [1.807, 2.05) is 6.92 Å². The van der Waals surface area contributed by atoms with Gasteiger partial charge < -0.3 is 10.6 Å². The van der Waals surface area contributed by atoms with Gasteiger partial charge in [-0.2, -0.15) is 13.2 Å². The molecule has 15 heavy (non-hydrogen) atoms. The van der Waals surface area contributed by atoms with E-state index in [-0.39, 0.29) is 0 Å². The quantitative estimate of drug-likeness (QED) is 0.725. The molecule has 0 saturated carbocycles. The fraction of sp³-hybridized carbons (Fsp3) is 0.889. The highest BCUT2D eigenvalue weighted by molar-refractivity contribution is 5.82. The molecule has 0 spiro atoms. The molecule has 1 saturated heterocycles. The van der Waals surface area contributed by atoms with Gasteiger partial charge in [0.1, 0.15) is 0 Å². The molecule has 1 aliphatic rings. The number of hydrogen-bond acceptors (Lipinski definition) is 2. The van der Waals surface area contributed by atoms with Crippen molar-refractivity contribution in [1.29, 1.82) is 0 Å². The van der Waals surface area contributed by atoms with Crippen LogP contribution in [0.2, 0.25) is 0 Å². The summed E-state index contributed by atoms with van der Waals surface area (Å²) in [6, 6.07) is -2.37. The Morgan fingerprint density at radius 1 is 1.40 bits per heavy atom. The summed E-state index contributed by atoms with van der Waals surface area (Å²) in [5.41, 5.74) is 4.84. The monoisotopic (exact) mass is 224 g/mol. The van der Waals surface area contributed by atoms with Crippen molar-refractivity contribution in [2.24, 2.45) is 11.7 Å². The predicted molar refractivity (Wildman–Crippen MR) is 49.0 cm³/mol. The molecule has 1 rings (SSSR count). The van der Waals surface area contributed by atoms with E-state index in [4.69, 9.17) is 5.73 Å². The highest BCUT2D eigenvalue weighted by Gasteiger charge is 2.44. The summed E-state index contributed by atoms with van der Waals surface area (Å²) in [5, 5.41) is 0. The highest BCUT2D eigenvalue weighted by atomic mass is 19.4. The van der Waals surface area contributed by atoms with Gasteiger partial charge in [0, 0.05) is 13.1 Å². The van der Waals surface area contributed by atoms with Crippen molar-refractivity contribution in [3.63, 3.8) is 0 Å². The Kier molecular flexibility index (Phi) is 3.59. The van der Waals surface area contributed by atoms with Crippen LogP contribution in [0.5, 0.6) is 0 Å². The first-order valence-electron chi connectivity index (χ1n) is 4.93. The molecule has 0 radical (unpaired) electrons. The number of nitrogens with zero attached hydrogens (tertiary/aromatic N) is 1. The minimum atomic E-state index is -4.64. The van der Waals surface area contributed by atoms with Crippen LogP contribution in [0.3, 0.4) is 0 Å². The minimum Gasteiger partial charge on any atom is -0.341 e. The molecule has 1 heterocycles. The van der Waals surface area contributed by atoms with E-state index in [0.29, 0.717) is 19.0 Å². The molecule has 88 valence electrons. The maximum absolute atomic E-state index is 12.2. The van der Waals surface area contributed by atoms with Gasteiger partial charge in [-0.1, -0.05) is 6.92 Å². The molecule has 1 amide bonds. The Hall–Kier alpha value is -0.780. The molecule has 0 aromatic rings. The van der Waals surface area contributed by atoms with Crippen molar-refractivity contribution >= 4 is 5.91 Å². The number of nitrogens with two attached hydrogens (primary N) is 1. The Bertz CT molecular complexity index is 234. The second kappa shape index (κ2) is 4.38. The van der Waals surface area contributed by atoms with Crippen LogP contribution in [-0.2, 0) is 4.79 Å². The number of likely N-dealkylation sites (tertiary alicyclic amines) is 1. The van der Waals surface area contributed by atoms with Crippen LogP contribution in [0.1, 0.15) is 19.8 Å². The number of hydrogen-bond donors (Lipinski definition) is 1. The van der Waals surface area contributed by atoms with Crippen LogP contribution in [0.4, 0.5) is 13.2 Å². The molecule has 2 N–H and O–H groups in total. The number of carbonyl (C=O) groups excluding carboxylic acids is 1. The van der Waals surface area contributed by atoms with Gasteiger partial charge in [-0.3, -0.25) is 4.79 Å². The third-order valence-corrected chi connectivity index (χ3v) is 2.71. The molecular formula is C9H15F3N2O. The van der Waals surface area contributed by atoms with Crippen molar-refractivity contribution < 1.29 is 18.0 Å². The van der Waals surface area contributed by atoms with E-state index < -0.39 is 18.1 Å². The Balaban J connectivity index is 2.54. The van der Waals surface area contributed by atoms with E-state index in [2.05, 4.69) is 0 Å². The maximum atomic E-state index is 12.2. The normalized spacial score (nSPS) is 21.5. The van der Waals surface area contributed by atoms with Crippen LogP contribution < -0.4 is 5.73 Å². The van der Waals surface area contributed by atoms with Gasteiger partial charge in [0.25, 0.3) is 0 Å². The standard InChI is InChI=1S/C9H15F3N2O/c1-6-2-4-14(5-3-6)8(15)7(13)9(10,11)12/h6-7H,2-5,13H2,1H3. The van der Waals surface area contributed by atoms with Gasteiger partial charge in [0.15, 0.2) is 6.04 Å². The van der Waals surface area contributed by atoms with E-state index in [9.17, 15) is 18.0 Å². The van der Waals surface area contributed by atoms with Crippen molar-refractivity contribution in [2.75, 3.05) is 13.1 Å². The molecule has 0 aromatic carbocycles. The Morgan fingerprint density at radius 2 is 1.87 bits per heavy atom. The first-order chi connectivity index (χ1) is 6.82. The highest BCUT2D eigenvalue weighted by Crippen LogP contribution is 2.22. The summed E-state index contributed by atoms with van der Waals surface area (Å²) in [6.45, 7) is 2.78. The molecule has 3 nitrogen and oxygen atoms in total. The lowest BCUT2D eigenvalue weighted by Crippen LogP contribution is -2.53. The van der Waals surface area contributed by atoms with Crippen LogP contribution in [0, 0.1) is 5.92 Å². The average molecular weight is 224 g/mol. The molecule has 6 heteroatoms. The second-order valence-corrected chi connectivity index (χ2v) is 4.03. The third-order valence-electron chi connectivity index (χ3n) is 2.71. The van der Waals surface area contributed by atoms with Crippen LogP contribution in [-0.4, -0.2) is 36.1 Å². The molecule has 1 atom stereocenters. The number of carbonyl (C=O) groups is 1. The van der Waals surface area contributed by atoms with Gasteiger partial charge in [-0.15, -0.1) is 0 Å². The van der Waals surface area contributed by atoms with Crippen molar-refractivity contribution in [3.8, 4) is 0 Å². The summed E-state index contributed by atoms with van der Waals surface area (Å²) in [7, 11) is 0. The summed E-state index contributed by atoms with van der Waals surface area (Å²) >= 11 is 0. The van der Waals surface area contributed by atoms with Crippen LogP contribution >= 0.6 is 0 Å². The Morgan fingerprint density at radius 3 is 2.27 bits per heavy atom. The third kappa shape index (κ3) is 3.09. The van der Waals surface area contributed by atoms with E-state index >= 15 is 0 Å². The molecule has 1 unspecified atom stereocenters. The zero-order valence-electron chi connectivity index (χ0n) is 8.55. The SMILES string of the molecule is CC1CCN(C(=O)C(N)C(F)(F)F)CC1. The lowest BCUT2D eigenvalue weighted by atomic mass is 9.99. The second-order valence-electron chi connectivity index (χ2n) is 4.03. The summed E-state index contributed by atoms with van der Waals surface area (Å²) in [5.74, 6) is -0.537. The van der Waals surface area contributed by atoms with E-state index in [0.717, 1.165) is 12.8 Å². The van der Waals surface area contributed by atoms with Gasteiger partial charge in [-0.25, -0.2) is 0 Å². The zero-order valence-corrected chi connectivity index (χ0v) is 8.55. The molecule has 0 aromatic heterocycles. The van der Waals surface area contributed by atoms with E-state index in [1.165, 1.54) is 4.90 Å². The molecule has 0 bridgehead atoms. The fourth-order valence-corrected chi connectivity index (χ4v) is 1.57. The zero-order chi connectivity index (χ0) is 11.6. The number of rotatable bonds is 1. The minimum absolute atomic E-state index is 0.379. The van der Waals surface area contributed by atoms with Crippen LogP contribution in [0.15, 0.2) is 0 Å². The largest absolute Gasteiger partial charge is 0.412 e. The summed E-state index contributed by atoms with van der Waals surface area (Å²) in [6.07, 6.45) is -3.15. The maximum Gasteiger partial charge on any atom is 0.412 e. The lowest BCUT2D eigenvalue weighted by molar-refractivity contribution is -0.170. The van der Waals surface area contributed by atoms with Gasteiger partial charge in [0.2, 0.25) is 5.91 Å². The van der Waals surface area contributed by atoms with Crippen LogP contribution in [0.25, 0.3) is 0 Å². The summed E-state index contributed by atoms with van der Waals surface area (Å²) in [4.78, 5) is 12.5. The van der Waals surface area contributed by atoms with Crippen molar-refractivity contribution in [2.45, 2.75) is 32.0 Å². The van der Waals surface area contributed by atoms with Crippen molar-refractivity contribution in [1.82, 2.24) is 4.90 Å². The summed E-state index contributed by atoms with van der Waals surface area (Å²) < 4.78 is 36.5. The average Bonchev–Trinajstić information content (AvgIpc) is 2.15. The molecule has 1 aliphatic heterocycles. The fourth-order valence-electron chi connectivity index (χ4n) is 1.57. The number of alkyl halides is 3. The van der Waals surface area contributed by atoms with Crippen molar-refractivity contribution in [3.05, 3.63) is 0 Å². The molecular weight excluding hydrogens is 209 g/mol. The first kappa shape index (κ1) is 12.3. The smallest absolute Gasteiger partial charge is 0.341 e. The molecule has 1 fully saturated rings. The van der Waals surface area contributed by atoms with Gasteiger partial charge >= 0.3 is 6.18 Å². The number of piperidine rings is 1. The number of halogens is 3. The lowest BCUT2D eigenvalue weighted by Gasteiger charge is -2.32. The van der Waals surface area contributed by atoms with Gasteiger partial charge in [0.05, 0.1) is 0 Å². The first-order valence-corrected chi connectivity index (χ1v) is 4.93. The molecule has 0 aliphatic carbocycles. The predicted octanol–water partition coefficient (Wildman–Crippen LogP) is 1.13. The Labute approximate surface area is 86.4 Å². The topological polar surface area (TPSA) is 46.3 Å².